The molecule has 1 aliphatic heterocycles. The number of hydrogen-bond acceptors (Lipinski definition) is 8. The van der Waals surface area contributed by atoms with Crippen molar-refractivity contribution in [2.75, 3.05) is 18.4 Å². The molecule has 2 saturated carbocycles. The molecule has 2 bridgehead atoms. The monoisotopic (exact) mass is 402 g/mol. The minimum absolute atomic E-state index is 0.446. The van der Waals surface area contributed by atoms with E-state index in [9.17, 15) is 10.2 Å². The minimum atomic E-state index is -1.04. The van der Waals surface area contributed by atoms with Gasteiger partial charge < -0.3 is 25.6 Å². The predicted molar refractivity (Wildman–Crippen MR) is 107 cm³/mol. The minimum Gasteiger partial charge on any atom is -0.387 e. The molecule has 2 aromatic rings. The maximum Gasteiger partial charge on any atom is 0.167 e. The summed E-state index contributed by atoms with van der Waals surface area (Å²) < 4.78 is 7.68. The highest BCUT2D eigenvalue weighted by molar-refractivity contribution is 5.82. The maximum absolute atomic E-state index is 10.6. The van der Waals surface area contributed by atoms with E-state index < -0.39 is 24.5 Å². The standard InChI is InChI=1S/C20H30N6O3/c1-2-5-21-8-14-16(27)17(28)20(29-14)26-10-24-15-18(22-9-23-19(15)26)25-13-7-11-3-4-12(13)6-11/h9-14,16-17,20-21,27-28H,2-8H2,1H3,(H,22,23,25)/t11-,12-,13-,14+,16+,17+,20+/m0/s1. The van der Waals surface area contributed by atoms with Crippen LogP contribution in [0.4, 0.5) is 5.82 Å². The van der Waals surface area contributed by atoms with Crippen molar-refractivity contribution in [3.8, 4) is 0 Å². The molecule has 158 valence electrons. The van der Waals surface area contributed by atoms with Gasteiger partial charge >= 0.3 is 0 Å². The van der Waals surface area contributed by atoms with Gasteiger partial charge in [-0.3, -0.25) is 4.57 Å². The van der Waals surface area contributed by atoms with Crippen molar-refractivity contribution in [3.63, 3.8) is 0 Å². The van der Waals surface area contributed by atoms with Crippen molar-refractivity contribution in [2.45, 2.75) is 69.6 Å². The van der Waals surface area contributed by atoms with Crippen LogP contribution in [0.2, 0.25) is 0 Å². The first-order valence-corrected chi connectivity index (χ1v) is 10.8. The van der Waals surface area contributed by atoms with E-state index in [0.717, 1.165) is 30.6 Å². The van der Waals surface area contributed by atoms with Crippen LogP contribution in [0.3, 0.4) is 0 Å². The summed E-state index contributed by atoms with van der Waals surface area (Å²) >= 11 is 0. The topological polar surface area (TPSA) is 117 Å². The van der Waals surface area contributed by atoms with E-state index in [4.69, 9.17) is 4.74 Å². The van der Waals surface area contributed by atoms with Crippen molar-refractivity contribution in [2.24, 2.45) is 11.8 Å². The third kappa shape index (κ3) is 3.39. The second-order valence-electron chi connectivity index (χ2n) is 8.72. The van der Waals surface area contributed by atoms with Gasteiger partial charge in [0.1, 0.15) is 24.6 Å². The Morgan fingerprint density at radius 3 is 2.83 bits per heavy atom. The Balaban J connectivity index is 1.36. The van der Waals surface area contributed by atoms with Gasteiger partial charge in [0.2, 0.25) is 0 Å². The van der Waals surface area contributed by atoms with E-state index >= 15 is 0 Å². The Morgan fingerprint density at radius 1 is 1.17 bits per heavy atom. The van der Waals surface area contributed by atoms with Gasteiger partial charge in [0.15, 0.2) is 23.2 Å². The van der Waals surface area contributed by atoms with Crippen LogP contribution >= 0.6 is 0 Å². The van der Waals surface area contributed by atoms with Gasteiger partial charge in [-0.05, 0) is 44.1 Å². The maximum atomic E-state index is 10.6. The summed E-state index contributed by atoms with van der Waals surface area (Å²) in [7, 11) is 0. The molecule has 9 nitrogen and oxygen atoms in total. The molecule has 0 amide bonds. The molecular formula is C20H30N6O3. The summed E-state index contributed by atoms with van der Waals surface area (Å²) in [5.74, 6) is 2.30. The Morgan fingerprint density at radius 2 is 2.07 bits per heavy atom. The highest BCUT2D eigenvalue weighted by atomic mass is 16.6. The molecule has 0 aromatic carbocycles. The second-order valence-corrected chi connectivity index (χ2v) is 8.72. The molecule has 2 aliphatic carbocycles. The van der Waals surface area contributed by atoms with Crippen molar-refractivity contribution < 1.29 is 14.9 Å². The van der Waals surface area contributed by atoms with Crippen LogP contribution in [0.25, 0.3) is 11.2 Å². The molecule has 3 fully saturated rings. The van der Waals surface area contributed by atoms with Gasteiger partial charge in [0, 0.05) is 12.6 Å². The van der Waals surface area contributed by atoms with Crippen LogP contribution < -0.4 is 10.6 Å². The van der Waals surface area contributed by atoms with Crippen LogP contribution in [-0.4, -0.2) is 67.2 Å². The van der Waals surface area contributed by atoms with Gasteiger partial charge in [-0.25, -0.2) is 15.0 Å². The van der Waals surface area contributed by atoms with Gasteiger partial charge in [-0.2, -0.15) is 0 Å². The summed E-state index contributed by atoms with van der Waals surface area (Å²) in [6.45, 7) is 3.41. The van der Waals surface area contributed by atoms with Crippen molar-refractivity contribution in [3.05, 3.63) is 12.7 Å². The predicted octanol–water partition coefficient (Wildman–Crippen LogP) is 1.05. The Labute approximate surface area is 169 Å². The molecule has 5 rings (SSSR count). The van der Waals surface area contributed by atoms with E-state index in [1.54, 1.807) is 10.9 Å². The molecule has 7 atom stereocenters. The largest absolute Gasteiger partial charge is 0.387 e. The smallest absolute Gasteiger partial charge is 0.167 e. The number of ether oxygens (including phenoxy) is 1. The van der Waals surface area contributed by atoms with E-state index in [2.05, 4.69) is 32.5 Å². The summed E-state index contributed by atoms with van der Waals surface area (Å²) in [6, 6.07) is 0.446. The van der Waals surface area contributed by atoms with Gasteiger partial charge in [-0.15, -0.1) is 0 Å². The first-order chi connectivity index (χ1) is 14.2. The van der Waals surface area contributed by atoms with Crippen LogP contribution in [0.5, 0.6) is 0 Å². The number of hydrogen-bond donors (Lipinski definition) is 4. The molecule has 9 heteroatoms. The van der Waals surface area contributed by atoms with Crippen molar-refractivity contribution >= 4 is 17.0 Å². The number of anilines is 1. The summed E-state index contributed by atoms with van der Waals surface area (Å²) in [6.07, 6.45) is 6.07. The summed E-state index contributed by atoms with van der Waals surface area (Å²) in [5.41, 5.74) is 1.28. The van der Waals surface area contributed by atoms with E-state index in [-0.39, 0.29) is 0 Å². The molecule has 1 saturated heterocycles. The molecule has 29 heavy (non-hydrogen) atoms. The first-order valence-electron chi connectivity index (χ1n) is 10.8. The van der Waals surface area contributed by atoms with Crippen LogP contribution in [0.15, 0.2) is 12.7 Å². The number of aromatic nitrogens is 4. The molecule has 0 unspecified atom stereocenters. The zero-order chi connectivity index (χ0) is 20.0. The first kappa shape index (κ1) is 19.2. The Kier molecular flexibility index (Phi) is 5.15. The lowest BCUT2D eigenvalue weighted by Gasteiger charge is -2.23. The molecule has 3 heterocycles. The fourth-order valence-corrected chi connectivity index (χ4v) is 5.29. The fraction of sp³-hybridized carbons (Fsp3) is 0.750. The lowest BCUT2D eigenvalue weighted by Crippen LogP contribution is -2.37. The van der Waals surface area contributed by atoms with Gasteiger partial charge in [0.25, 0.3) is 0 Å². The van der Waals surface area contributed by atoms with Crippen LogP contribution in [0, 0.1) is 11.8 Å². The average Bonchev–Trinajstić information content (AvgIpc) is 3.49. The zero-order valence-electron chi connectivity index (χ0n) is 16.7. The normalized spacial score (nSPS) is 36.3. The highest BCUT2D eigenvalue weighted by Crippen LogP contribution is 2.45. The van der Waals surface area contributed by atoms with Crippen molar-refractivity contribution in [1.82, 2.24) is 24.8 Å². The lowest BCUT2D eigenvalue weighted by molar-refractivity contribution is -0.0341. The highest BCUT2D eigenvalue weighted by Gasteiger charge is 2.44. The second kappa shape index (κ2) is 7.79. The Bertz CT molecular complexity index is 860. The molecule has 2 aromatic heterocycles. The van der Waals surface area contributed by atoms with Crippen LogP contribution in [-0.2, 0) is 4.74 Å². The molecular weight excluding hydrogens is 372 g/mol. The third-order valence-corrected chi connectivity index (χ3v) is 6.80. The average molecular weight is 402 g/mol. The fourth-order valence-electron chi connectivity index (χ4n) is 5.29. The van der Waals surface area contributed by atoms with E-state index in [0.29, 0.717) is 23.8 Å². The molecule has 0 spiro atoms. The van der Waals surface area contributed by atoms with Gasteiger partial charge in [0.05, 0.1) is 6.33 Å². The summed E-state index contributed by atoms with van der Waals surface area (Å²) in [5, 5.41) is 27.8. The SMILES string of the molecule is CCCNC[C@H]1O[C@@H](n2cnc3c(N[C@H]4C[C@H]5CC[C@H]4C5)ncnc32)[C@H](O)[C@@H]1O. The molecule has 3 aliphatic rings. The number of imidazole rings is 1. The number of aliphatic hydroxyl groups excluding tert-OH is 2. The molecule has 4 N–H and O–H groups in total. The number of nitrogens with zero attached hydrogens (tertiary/aromatic N) is 4. The molecule has 0 radical (unpaired) electrons. The van der Waals surface area contributed by atoms with E-state index in [1.807, 2.05) is 0 Å². The van der Waals surface area contributed by atoms with Crippen molar-refractivity contribution in [1.29, 1.82) is 0 Å². The van der Waals surface area contributed by atoms with E-state index in [1.165, 1.54) is 32.0 Å². The Hall–Kier alpha value is -1.81. The lowest BCUT2D eigenvalue weighted by atomic mass is 9.95. The number of nitrogens with one attached hydrogen (secondary N) is 2. The summed E-state index contributed by atoms with van der Waals surface area (Å²) in [4.78, 5) is 13.3. The van der Waals surface area contributed by atoms with Gasteiger partial charge in [-0.1, -0.05) is 13.3 Å². The number of aliphatic hydroxyl groups is 2. The quantitative estimate of drug-likeness (QED) is 0.508. The third-order valence-electron chi connectivity index (χ3n) is 6.80. The number of rotatable bonds is 7. The van der Waals surface area contributed by atoms with Crippen LogP contribution in [0.1, 0.15) is 45.3 Å². The zero-order valence-corrected chi connectivity index (χ0v) is 16.7. The number of fused-ring (bicyclic) bond motifs is 3.